The molecule has 2 rings (SSSR count). The Labute approximate surface area is 119 Å². The summed E-state index contributed by atoms with van der Waals surface area (Å²) < 4.78 is 54.2. The van der Waals surface area contributed by atoms with Crippen LogP contribution < -0.4 is 10.6 Å². The maximum atomic E-state index is 13.7. The smallest absolute Gasteiger partial charge is 0.169 e. The second-order valence-electron chi connectivity index (χ2n) is 4.30. The number of nitrogens with zero attached hydrogens (tertiary/aromatic N) is 1. The van der Waals surface area contributed by atoms with Crippen LogP contribution in [0.4, 0.5) is 34.9 Å². The Bertz CT molecular complexity index is 626. The molecule has 0 aliphatic heterocycles. The minimum atomic E-state index is -1.04. The van der Waals surface area contributed by atoms with Crippen molar-refractivity contribution in [2.45, 2.75) is 13.3 Å². The first kappa shape index (κ1) is 15.1. The minimum Gasteiger partial charge on any atom is -0.368 e. The second kappa shape index (κ2) is 6.43. The molecule has 0 bridgehead atoms. The van der Waals surface area contributed by atoms with E-state index in [1.54, 1.807) is 0 Å². The Hall–Kier alpha value is -2.31. The molecule has 7 heteroatoms. The van der Waals surface area contributed by atoms with Crippen molar-refractivity contribution in [3.05, 3.63) is 47.5 Å². The molecule has 3 nitrogen and oxygen atoms in total. The van der Waals surface area contributed by atoms with E-state index in [0.29, 0.717) is 19.0 Å². The predicted molar refractivity (Wildman–Crippen MR) is 72.6 cm³/mol. The summed E-state index contributed by atoms with van der Waals surface area (Å²) in [6.07, 6.45) is 0.712. The third kappa shape index (κ3) is 3.42. The highest BCUT2D eigenvalue weighted by molar-refractivity contribution is 5.60. The molecule has 1 aromatic carbocycles. The van der Waals surface area contributed by atoms with Gasteiger partial charge in [-0.2, -0.15) is 0 Å². The van der Waals surface area contributed by atoms with Crippen LogP contribution in [0.25, 0.3) is 0 Å². The van der Waals surface area contributed by atoms with Crippen LogP contribution in [-0.2, 0) is 0 Å². The molecular weight excluding hydrogens is 286 g/mol. The van der Waals surface area contributed by atoms with E-state index in [4.69, 9.17) is 0 Å². The first-order valence-corrected chi connectivity index (χ1v) is 6.34. The second-order valence-corrected chi connectivity index (χ2v) is 4.30. The largest absolute Gasteiger partial charge is 0.368 e. The summed E-state index contributed by atoms with van der Waals surface area (Å²) in [6.45, 7) is 2.30. The standard InChI is InChI=1S/C14H13F4N3/c1-2-6-19-13-10(17)7-11(18)14(21-13)20-12-8(15)4-3-5-9(12)16/h3-5,7H,2,6H2,1H3,(H2,19,20,21). The number of hydrogen-bond donors (Lipinski definition) is 2. The first-order chi connectivity index (χ1) is 10.0. The van der Waals surface area contributed by atoms with Gasteiger partial charge in [0.1, 0.15) is 17.3 Å². The van der Waals surface area contributed by atoms with Crippen LogP contribution in [0.2, 0.25) is 0 Å². The molecule has 1 aromatic heterocycles. The zero-order valence-corrected chi connectivity index (χ0v) is 11.2. The van der Waals surface area contributed by atoms with Crippen LogP contribution in [-0.4, -0.2) is 11.5 Å². The van der Waals surface area contributed by atoms with Crippen molar-refractivity contribution in [3.8, 4) is 0 Å². The lowest BCUT2D eigenvalue weighted by molar-refractivity contribution is 0.575. The molecule has 0 atom stereocenters. The summed E-state index contributed by atoms with van der Waals surface area (Å²) in [5, 5.41) is 4.87. The van der Waals surface area contributed by atoms with Crippen LogP contribution in [0, 0.1) is 23.3 Å². The van der Waals surface area contributed by atoms with Crippen molar-refractivity contribution < 1.29 is 17.6 Å². The first-order valence-electron chi connectivity index (χ1n) is 6.34. The van der Waals surface area contributed by atoms with E-state index in [-0.39, 0.29) is 5.82 Å². The van der Waals surface area contributed by atoms with E-state index in [1.165, 1.54) is 6.07 Å². The van der Waals surface area contributed by atoms with Crippen molar-refractivity contribution in [1.82, 2.24) is 4.98 Å². The number of rotatable bonds is 5. The van der Waals surface area contributed by atoms with Gasteiger partial charge in [-0.3, -0.25) is 0 Å². The Morgan fingerprint density at radius 3 is 2.19 bits per heavy atom. The number of benzene rings is 1. The van der Waals surface area contributed by atoms with Crippen molar-refractivity contribution in [2.24, 2.45) is 0 Å². The summed E-state index contributed by atoms with van der Waals surface area (Å²) in [6, 6.07) is 3.82. The van der Waals surface area contributed by atoms with E-state index >= 15 is 0 Å². The molecule has 2 N–H and O–H groups in total. The highest BCUT2D eigenvalue weighted by atomic mass is 19.1. The average Bonchev–Trinajstić information content (AvgIpc) is 2.44. The van der Waals surface area contributed by atoms with Crippen LogP contribution in [0.1, 0.15) is 13.3 Å². The van der Waals surface area contributed by atoms with E-state index in [1.807, 2.05) is 6.92 Å². The fourth-order valence-corrected chi connectivity index (χ4v) is 1.66. The summed E-state index contributed by atoms with van der Waals surface area (Å²) in [5.74, 6) is -4.36. The summed E-state index contributed by atoms with van der Waals surface area (Å²) in [7, 11) is 0. The van der Waals surface area contributed by atoms with Gasteiger partial charge in [0, 0.05) is 12.6 Å². The Morgan fingerprint density at radius 1 is 0.952 bits per heavy atom. The van der Waals surface area contributed by atoms with Crippen LogP contribution in [0.5, 0.6) is 0 Å². The molecule has 0 saturated heterocycles. The van der Waals surface area contributed by atoms with E-state index in [0.717, 1.165) is 12.1 Å². The van der Waals surface area contributed by atoms with Crippen LogP contribution >= 0.6 is 0 Å². The lowest BCUT2D eigenvalue weighted by Crippen LogP contribution is -2.08. The van der Waals surface area contributed by atoms with Crippen LogP contribution in [0.15, 0.2) is 24.3 Å². The topological polar surface area (TPSA) is 37.0 Å². The molecule has 0 aliphatic carbocycles. The van der Waals surface area contributed by atoms with Crippen molar-refractivity contribution in [3.63, 3.8) is 0 Å². The normalized spacial score (nSPS) is 10.5. The fourth-order valence-electron chi connectivity index (χ4n) is 1.66. The summed E-state index contributed by atoms with van der Waals surface area (Å²) in [5.41, 5.74) is -0.544. The zero-order valence-electron chi connectivity index (χ0n) is 11.2. The number of anilines is 3. The monoisotopic (exact) mass is 299 g/mol. The molecule has 0 fully saturated rings. The Kier molecular flexibility index (Phi) is 4.62. The Balaban J connectivity index is 2.35. The summed E-state index contributed by atoms with van der Waals surface area (Å²) >= 11 is 0. The number of pyridine rings is 1. The molecule has 1 heterocycles. The third-order valence-electron chi connectivity index (χ3n) is 2.68. The summed E-state index contributed by atoms with van der Waals surface area (Å²) in [4.78, 5) is 3.68. The van der Waals surface area contributed by atoms with E-state index in [2.05, 4.69) is 15.6 Å². The fraction of sp³-hybridized carbons (Fsp3) is 0.214. The molecule has 0 amide bonds. The van der Waals surface area contributed by atoms with Gasteiger partial charge in [-0.15, -0.1) is 0 Å². The van der Waals surface area contributed by atoms with Gasteiger partial charge < -0.3 is 10.6 Å². The molecule has 112 valence electrons. The van der Waals surface area contributed by atoms with Gasteiger partial charge in [0.2, 0.25) is 0 Å². The van der Waals surface area contributed by atoms with E-state index < -0.39 is 34.8 Å². The number of para-hydroxylation sites is 1. The number of halogens is 4. The van der Waals surface area contributed by atoms with E-state index in [9.17, 15) is 17.6 Å². The van der Waals surface area contributed by atoms with Crippen molar-refractivity contribution in [2.75, 3.05) is 17.2 Å². The zero-order chi connectivity index (χ0) is 15.4. The Morgan fingerprint density at radius 2 is 1.57 bits per heavy atom. The molecule has 0 unspecified atom stereocenters. The van der Waals surface area contributed by atoms with Gasteiger partial charge in [-0.25, -0.2) is 22.5 Å². The third-order valence-corrected chi connectivity index (χ3v) is 2.68. The quantitative estimate of drug-likeness (QED) is 0.812. The molecule has 0 radical (unpaired) electrons. The van der Waals surface area contributed by atoms with Gasteiger partial charge in [0.25, 0.3) is 0 Å². The van der Waals surface area contributed by atoms with Gasteiger partial charge in [-0.1, -0.05) is 13.0 Å². The highest BCUT2D eigenvalue weighted by Crippen LogP contribution is 2.26. The van der Waals surface area contributed by atoms with Gasteiger partial charge in [0.05, 0.1) is 0 Å². The SMILES string of the molecule is CCCNc1nc(Nc2c(F)cccc2F)c(F)cc1F. The maximum absolute atomic E-state index is 13.7. The predicted octanol–water partition coefficient (Wildman–Crippen LogP) is 4.20. The molecule has 2 aromatic rings. The van der Waals surface area contributed by atoms with Crippen molar-refractivity contribution in [1.29, 1.82) is 0 Å². The molecule has 21 heavy (non-hydrogen) atoms. The average molecular weight is 299 g/mol. The number of aromatic nitrogens is 1. The maximum Gasteiger partial charge on any atom is 0.169 e. The van der Waals surface area contributed by atoms with Gasteiger partial charge in [-0.05, 0) is 18.6 Å². The lowest BCUT2D eigenvalue weighted by Gasteiger charge is -2.11. The number of nitrogens with one attached hydrogen (secondary N) is 2. The molecule has 0 aliphatic rings. The van der Waals surface area contributed by atoms with Gasteiger partial charge in [0.15, 0.2) is 23.3 Å². The molecule has 0 spiro atoms. The van der Waals surface area contributed by atoms with Gasteiger partial charge >= 0.3 is 0 Å². The van der Waals surface area contributed by atoms with Crippen molar-refractivity contribution >= 4 is 17.3 Å². The minimum absolute atomic E-state index is 0.183. The number of hydrogen-bond acceptors (Lipinski definition) is 3. The lowest BCUT2D eigenvalue weighted by atomic mass is 10.3. The van der Waals surface area contributed by atoms with Crippen LogP contribution in [0.3, 0.4) is 0 Å². The molecular formula is C14H13F4N3. The molecule has 0 saturated carbocycles. The highest BCUT2D eigenvalue weighted by Gasteiger charge is 2.15.